The molecule has 2 rings (SSSR count). The van der Waals surface area contributed by atoms with Gasteiger partial charge in [-0.15, -0.1) is 11.3 Å². The Morgan fingerprint density at radius 1 is 1.40 bits per heavy atom. The average molecular weight is 297 g/mol. The van der Waals surface area contributed by atoms with Crippen molar-refractivity contribution >= 4 is 23.2 Å². The van der Waals surface area contributed by atoms with Crippen LogP contribution in [0, 0.1) is 13.8 Å². The molecule has 0 atom stereocenters. The third-order valence-electron chi connectivity index (χ3n) is 3.47. The van der Waals surface area contributed by atoms with E-state index in [0.717, 1.165) is 9.75 Å². The molecule has 1 N–H and O–H groups in total. The highest BCUT2D eigenvalue weighted by molar-refractivity contribution is 7.12. The van der Waals surface area contributed by atoms with Crippen LogP contribution in [0.3, 0.4) is 0 Å². The Kier molecular flexibility index (Phi) is 4.77. The summed E-state index contributed by atoms with van der Waals surface area (Å²) in [5, 5.41) is 9.06. The van der Waals surface area contributed by atoms with Crippen LogP contribution < -0.4 is 0 Å². The van der Waals surface area contributed by atoms with Crippen molar-refractivity contribution in [3.8, 4) is 0 Å². The highest BCUT2D eigenvalue weighted by Crippen LogP contribution is 2.24. The SMILES string of the molecule is Cc1cc(C(=O)N(CC(=O)O)C2CCOCC2)c(C)s1. The van der Waals surface area contributed by atoms with Gasteiger partial charge in [-0.05, 0) is 32.8 Å². The summed E-state index contributed by atoms with van der Waals surface area (Å²) in [5.41, 5.74) is 0.625. The predicted octanol–water partition coefficient (Wildman–Crippen LogP) is 2.07. The number of aliphatic carboxylic acids is 1. The third kappa shape index (κ3) is 3.37. The van der Waals surface area contributed by atoms with Crippen LogP contribution in [0.25, 0.3) is 0 Å². The first kappa shape index (κ1) is 15.0. The lowest BCUT2D eigenvalue weighted by atomic mass is 10.1. The number of carbonyl (C=O) groups excluding carboxylic acids is 1. The van der Waals surface area contributed by atoms with Gasteiger partial charge < -0.3 is 14.7 Å². The largest absolute Gasteiger partial charge is 0.480 e. The van der Waals surface area contributed by atoms with Crippen LogP contribution in [0.5, 0.6) is 0 Å². The van der Waals surface area contributed by atoms with Gasteiger partial charge in [-0.25, -0.2) is 0 Å². The van der Waals surface area contributed by atoms with E-state index in [1.165, 1.54) is 4.90 Å². The molecular formula is C14H19NO4S. The van der Waals surface area contributed by atoms with Gasteiger partial charge >= 0.3 is 5.97 Å². The van der Waals surface area contributed by atoms with Crippen molar-refractivity contribution in [2.24, 2.45) is 0 Å². The second kappa shape index (κ2) is 6.37. The number of nitrogens with zero attached hydrogens (tertiary/aromatic N) is 1. The molecule has 0 aliphatic carbocycles. The second-order valence-electron chi connectivity index (χ2n) is 5.00. The van der Waals surface area contributed by atoms with Gasteiger partial charge in [0, 0.05) is 29.0 Å². The highest BCUT2D eigenvalue weighted by Gasteiger charge is 2.29. The lowest BCUT2D eigenvalue weighted by Gasteiger charge is -2.33. The number of ether oxygens (including phenoxy) is 1. The number of thiophene rings is 1. The molecule has 1 amide bonds. The molecule has 0 unspecified atom stereocenters. The molecule has 0 saturated carbocycles. The summed E-state index contributed by atoms with van der Waals surface area (Å²) in [6.45, 7) is 4.75. The van der Waals surface area contributed by atoms with E-state index in [-0.39, 0.29) is 18.5 Å². The van der Waals surface area contributed by atoms with Gasteiger partial charge in [0.15, 0.2) is 0 Å². The maximum absolute atomic E-state index is 12.6. The molecule has 1 fully saturated rings. The summed E-state index contributed by atoms with van der Waals surface area (Å²) in [6, 6.07) is 1.79. The van der Waals surface area contributed by atoms with Crippen molar-refractivity contribution in [3.05, 3.63) is 21.4 Å². The van der Waals surface area contributed by atoms with E-state index >= 15 is 0 Å². The number of carbonyl (C=O) groups is 2. The molecule has 0 bridgehead atoms. The lowest BCUT2D eigenvalue weighted by Crippen LogP contribution is -2.46. The van der Waals surface area contributed by atoms with Crippen LogP contribution in [0.4, 0.5) is 0 Å². The summed E-state index contributed by atoms with van der Waals surface area (Å²) in [6.07, 6.45) is 1.39. The fourth-order valence-electron chi connectivity index (χ4n) is 2.51. The van der Waals surface area contributed by atoms with Crippen LogP contribution >= 0.6 is 11.3 Å². The van der Waals surface area contributed by atoms with Crippen molar-refractivity contribution in [2.75, 3.05) is 19.8 Å². The number of carboxylic acid groups (broad SMARTS) is 1. The molecule has 0 aromatic carbocycles. The van der Waals surface area contributed by atoms with Gasteiger partial charge in [0.25, 0.3) is 5.91 Å². The number of rotatable bonds is 4. The van der Waals surface area contributed by atoms with Crippen molar-refractivity contribution in [2.45, 2.75) is 32.7 Å². The summed E-state index contributed by atoms with van der Waals surface area (Å²) in [5.74, 6) is -1.16. The fraction of sp³-hybridized carbons (Fsp3) is 0.571. The number of amides is 1. The maximum atomic E-state index is 12.6. The summed E-state index contributed by atoms with van der Waals surface area (Å²) < 4.78 is 5.28. The molecule has 0 spiro atoms. The van der Waals surface area contributed by atoms with Crippen molar-refractivity contribution in [1.82, 2.24) is 4.90 Å². The number of hydrogen-bond acceptors (Lipinski definition) is 4. The topological polar surface area (TPSA) is 66.8 Å². The zero-order chi connectivity index (χ0) is 14.7. The number of hydrogen-bond donors (Lipinski definition) is 1. The molecule has 0 radical (unpaired) electrons. The average Bonchev–Trinajstić information content (AvgIpc) is 2.75. The monoisotopic (exact) mass is 297 g/mol. The van der Waals surface area contributed by atoms with E-state index in [4.69, 9.17) is 9.84 Å². The van der Waals surface area contributed by atoms with E-state index in [1.807, 2.05) is 19.9 Å². The van der Waals surface area contributed by atoms with Gasteiger partial charge in [0.2, 0.25) is 0 Å². The minimum absolute atomic E-state index is 0.0491. The molecule has 20 heavy (non-hydrogen) atoms. The van der Waals surface area contributed by atoms with Gasteiger partial charge in [0.1, 0.15) is 6.54 Å². The van der Waals surface area contributed by atoms with Crippen LogP contribution in [0.2, 0.25) is 0 Å². The molecular weight excluding hydrogens is 278 g/mol. The van der Waals surface area contributed by atoms with Crippen LogP contribution in [-0.2, 0) is 9.53 Å². The Morgan fingerprint density at radius 3 is 2.55 bits per heavy atom. The van der Waals surface area contributed by atoms with E-state index in [1.54, 1.807) is 11.3 Å². The fourth-order valence-corrected chi connectivity index (χ4v) is 3.42. The maximum Gasteiger partial charge on any atom is 0.323 e. The molecule has 1 aliphatic heterocycles. The van der Waals surface area contributed by atoms with E-state index in [9.17, 15) is 9.59 Å². The zero-order valence-electron chi connectivity index (χ0n) is 11.7. The van der Waals surface area contributed by atoms with Gasteiger partial charge in [-0.1, -0.05) is 0 Å². The number of carboxylic acids is 1. The highest BCUT2D eigenvalue weighted by atomic mass is 32.1. The first-order chi connectivity index (χ1) is 9.49. The second-order valence-corrected chi connectivity index (χ2v) is 6.46. The molecule has 1 saturated heterocycles. The van der Waals surface area contributed by atoms with E-state index < -0.39 is 5.97 Å². The summed E-state index contributed by atoms with van der Waals surface area (Å²) >= 11 is 1.56. The van der Waals surface area contributed by atoms with Crippen LogP contribution in [0.1, 0.15) is 33.0 Å². The van der Waals surface area contributed by atoms with Gasteiger partial charge in [-0.3, -0.25) is 9.59 Å². The molecule has 6 heteroatoms. The summed E-state index contributed by atoms with van der Waals surface area (Å²) in [4.78, 5) is 27.2. The smallest absolute Gasteiger partial charge is 0.323 e. The Bertz CT molecular complexity index is 505. The lowest BCUT2D eigenvalue weighted by molar-refractivity contribution is -0.138. The number of aryl methyl sites for hydroxylation is 2. The Labute approximate surface area is 122 Å². The summed E-state index contributed by atoms with van der Waals surface area (Å²) in [7, 11) is 0. The zero-order valence-corrected chi connectivity index (χ0v) is 12.5. The Hall–Kier alpha value is -1.40. The van der Waals surface area contributed by atoms with Crippen LogP contribution in [-0.4, -0.2) is 47.7 Å². The quantitative estimate of drug-likeness (QED) is 0.924. The first-order valence-corrected chi connectivity index (χ1v) is 7.48. The van der Waals surface area contributed by atoms with Crippen molar-refractivity contribution < 1.29 is 19.4 Å². The van der Waals surface area contributed by atoms with Gasteiger partial charge in [0.05, 0.1) is 5.56 Å². The molecule has 1 aromatic heterocycles. The Balaban J connectivity index is 2.23. The third-order valence-corrected chi connectivity index (χ3v) is 4.44. The Morgan fingerprint density at radius 2 is 2.05 bits per heavy atom. The van der Waals surface area contributed by atoms with Gasteiger partial charge in [-0.2, -0.15) is 0 Å². The minimum Gasteiger partial charge on any atom is -0.480 e. The molecule has 2 heterocycles. The van der Waals surface area contributed by atoms with Crippen LogP contribution in [0.15, 0.2) is 6.07 Å². The van der Waals surface area contributed by atoms with E-state index in [2.05, 4.69) is 0 Å². The molecule has 110 valence electrons. The predicted molar refractivity (Wildman–Crippen MR) is 76.3 cm³/mol. The van der Waals surface area contributed by atoms with Crippen molar-refractivity contribution in [3.63, 3.8) is 0 Å². The minimum atomic E-state index is -0.977. The van der Waals surface area contributed by atoms with E-state index in [0.29, 0.717) is 31.6 Å². The molecule has 1 aromatic rings. The molecule has 1 aliphatic rings. The normalized spacial score (nSPS) is 16.1. The van der Waals surface area contributed by atoms with Crippen molar-refractivity contribution in [1.29, 1.82) is 0 Å². The molecule has 5 nitrogen and oxygen atoms in total. The first-order valence-electron chi connectivity index (χ1n) is 6.66. The standard InChI is InChI=1S/C14H19NO4S/c1-9-7-12(10(2)20-9)14(18)15(8-13(16)17)11-3-5-19-6-4-11/h7,11H,3-6,8H2,1-2H3,(H,16,17).